The molecule has 0 bridgehead atoms. The molecule has 0 aliphatic carbocycles. The Morgan fingerprint density at radius 3 is 2.52 bits per heavy atom. The Kier molecular flexibility index (Phi) is 5.30. The van der Waals surface area contributed by atoms with Crippen molar-refractivity contribution in [2.45, 2.75) is 13.8 Å². The van der Waals surface area contributed by atoms with E-state index in [4.69, 9.17) is 33.9 Å². The van der Waals surface area contributed by atoms with Crippen molar-refractivity contribution < 1.29 is 0 Å². The molecular formula is C21H20Cl2N6. The first-order chi connectivity index (χ1) is 13.9. The molecule has 0 unspecified atom stereocenters. The van der Waals surface area contributed by atoms with Crippen LogP contribution in [-0.2, 0) is 0 Å². The van der Waals surface area contributed by atoms with Crippen molar-refractivity contribution in [3.63, 3.8) is 0 Å². The molecule has 4 rings (SSSR count). The van der Waals surface area contributed by atoms with Gasteiger partial charge in [0.05, 0.1) is 21.8 Å². The monoisotopic (exact) mass is 426 g/mol. The van der Waals surface area contributed by atoms with Gasteiger partial charge in [0.15, 0.2) is 5.65 Å². The summed E-state index contributed by atoms with van der Waals surface area (Å²) in [6, 6.07) is 15.0. The molecule has 0 aliphatic heterocycles. The Morgan fingerprint density at radius 2 is 1.83 bits per heavy atom. The summed E-state index contributed by atoms with van der Waals surface area (Å²) in [5.74, 6) is 1.38. The Bertz CT molecular complexity index is 1170. The van der Waals surface area contributed by atoms with Crippen molar-refractivity contribution in [1.82, 2.24) is 19.7 Å². The van der Waals surface area contributed by atoms with Gasteiger partial charge in [-0.05, 0) is 24.1 Å². The van der Waals surface area contributed by atoms with Crippen LogP contribution in [0.15, 0.2) is 48.5 Å². The Labute approximate surface area is 178 Å². The summed E-state index contributed by atoms with van der Waals surface area (Å²) < 4.78 is 1.58. The van der Waals surface area contributed by atoms with Crippen LogP contribution < -0.4 is 11.1 Å². The Hall–Kier alpha value is -2.83. The van der Waals surface area contributed by atoms with Gasteiger partial charge < -0.3 is 11.1 Å². The molecule has 2 aromatic carbocycles. The van der Waals surface area contributed by atoms with Crippen LogP contribution in [0.25, 0.3) is 28.0 Å². The molecule has 0 saturated heterocycles. The van der Waals surface area contributed by atoms with Crippen LogP contribution in [0.3, 0.4) is 0 Å². The molecule has 0 radical (unpaired) electrons. The zero-order chi connectivity index (χ0) is 20.5. The maximum Gasteiger partial charge on any atom is 0.225 e. The fourth-order valence-corrected chi connectivity index (χ4v) is 3.52. The molecule has 0 saturated carbocycles. The molecule has 148 valence electrons. The third-order valence-electron chi connectivity index (χ3n) is 4.42. The maximum atomic E-state index is 6.50. The highest BCUT2D eigenvalue weighted by Gasteiger charge is 2.20. The van der Waals surface area contributed by atoms with E-state index in [9.17, 15) is 0 Å². The Balaban J connectivity index is 1.94. The summed E-state index contributed by atoms with van der Waals surface area (Å²) in [5, 5.41) is 9.57. The molecule has 4 aromatic rings. The minimum absolute atomic E-state index is 0.415. The van der Waals surface area contributed by atoms with Gasteiger partial charge in [-0.15, -0.1) is 5.10 Å². The first-order valence-electron chi connectivity index (χ1n) is 9.25. The largest absolute Gasteiger partial charge is 0.383 e. The molecule has 0 amide bonds. The number of aromatic nitrogens is 4. The normalized spacial score (nSPS) is 11.3. The number of hydrogen-bond donors (Lipinski definition) is 2. The van der Waals surface area contributed by atoms with E-state index in [0.717, 1.165) is 17.8 Å². The van der Waals surface area contributed by atoms with Gasteiger partial charge in [0.25, 0.3) is 0 Å². The van der Waals surface area contributed by atoms with E-state index < -0.39 is 0 Å². The Morgan fingerprint density at radius 1 is 1.07 bits per heavy atom. The predicted molar refractivity (Wildman–Crippen MR) is 120 cm³/mol. The van der Waals surface area contributed by atoms with Crippen molar-refractivity contribution >= 4 is 46.0 Å². The molecule has 6 nitrogen and oxygen atoms in total. The van der Waals surface area contributed by atoms with Crippen LogP contribution in [0.4, 0.5) is 11.8 Å². The highest BCUT2D eigenvalue weighted by atomic mass is 35.5. The summed E-state index contributed by atoms with van der Waals surface area (Å²) in [6.45, 7) is 5.00. The minimum Gasteiger partial charge on any atom is -0.383 e. The molecule has 0 fully saturated rings. The number of nitrogens with two attached hydrogens (primary N) is 1. The lowest BCUT2D eigenvalue weighted by Crippen LogP contribution is -2.11. The van der Waals surface area contributed by atoms with E-state index in [-0.39, 0.29) is 0 Å². The molecule has 2 heterocycles. The summed E-state index contributed by atoms with van der Waals surface area (Å²) in [4.78, 5) is 9.32. The van der Waals surface area contributed by atoms with Gasteiger partial charge >= 0.3 is 0 Å². The van der Waals surface area contributed by atoms with E-state index in [1.54, 1.807) is 22.9 Å². The summed E-state index contributed by atoms with van der Waals surface area (Å²) >= 11 is 12.4. The van der Waals surface area contributed by atoms with Crippen LogP contribution in [0.5, 0.6) is 0 Å². The molecule has 3 N–H and O–H groups in total. The second-order valence-electron chi connectivity index (χ2n) is 7.13. The van der Waals surface area contributed by atoms with Gasteiger partial charge in [-0.3, -0.25) is 0 Å². The van der Waals surface area contributed by atoms with Crippen molar-refractivity contribution in [1.29, 1.82) is 0 Å². The zero-order valence-electron chi connectivity index (χ0n) is 16.0. The highest BCUT2D eigenvalue weighted by Crippen LogP contribution is 2.34. The van der Waals surface area contributed by atoms with Crippen molar-refractivity contribution in [3.05, 3.63) is 58.6 Å². The summed E-state index contributed by atoms with van der Waals surface area (Å²) in [5.41, 5.74) is 9.27. The zero-order valence-corrected chi connectivity index (χ0v) is 17.5. The maximum absolute atomic E-state index is 6.50. The lowest BCUT2D eigenvalue weighted by atomic mass is 10.1. The minimum atomic E-state index is 0.415. The van der Waals surface area contributed by atoms with Gasteiger partial charge in [0, 0.05) is 17.1 Å². The third-order valence-corrected chi connectivity index (χ3v) is 4.96. The highest BCUT2D eigenvalue weighted by molar-refractivity contribution is 6.35. The summed E-state index contributed by atoms with van der Waals surface area (Å²) in [6.07, 6.45) is 0. The molecule has 0 aliphatic rings. The molecule has 29 heavy (non-hydrogen) atoms. The molecule has 2 aromatic heterocycles. The van der Waals surface area contributed by atoms with Gasteiger partial charge in [0.1, 0.15) is 5.82 Å². The molecule has 0 atom stereocenters. The first-order valence-corrected chi connectivity index (χ1v) is 10.0. The number of nitrogens with zero attached hydrogens (tertiary/aromatic N) is 4. The standard InChI is InChI=1S/C21H20Cl2N6/c1-12(2)11-25-21-26-18(13-6-4-3-5-7-13)17-19(24)29(28-20(17)27-21)16-9-8-14(22)10-15(16)23/h3-10,12H,11,24H2,1-2H3,(H,25,27,28). The number of halogens is 2. The topological polar surface area (TPSA) is 81.6 Å². The van der Waals surface area contributed by atoms with E-state index in [2.05, 4.69) is 29.2 Å². The van der Waals surface area contributed by atoms with E-state index in [0.29, 0.717) is 44.5 Å². The van der Waals surface area contributed by atoms with E-state index >= 15 is 0 Å². The van der Waals surface area contributed by atoms with Crippen LogP contribution in [-0.4, -0.2) is 26.3 Å². The number of benzene rings is 2. The number of nitrogens with one attached hydrogen (secondary N) is 1. The lowest BCUT2D eigenvalue weighted by Gasteiger charge is -2.10. The number of nitrogen functional groups attached to an aromatic ring is 1. The van der Waals surface area contributed by atoms with Crippen LogP contribution in [0.2, 0.25) is 10.0 Å². The van der Waals surface area contributed by atoms with Gasteiger partial charge in [-0.2, -0.15) is 4.98 Å². The third kappa shape index (κ3) is 3.86. The van der Waals surface area contributed by atoms with Gasteiger partial charge in [0.2, 0.25) is 5.95 Å². The van der Waals surface area contributed by atoms with Gasteiger partial charge in [-0.1, -0.05) is 67.4 Å². The fourth-order valence-electron chi connectivity index (χ4n) is 3.03. The van der Waals surface area contributed by atoms with Crippen molar-refractivity contribution in [3.8, 4) is 16.9 Å². The second kappa shape index (κ2) is 7.89. The predicted octanol–water partition coefficient (Wildman–Crippen LogP) is 5.44. The van der Waals surface area contributed by atoms with Crippen LogP contribution >= 0.6 is 23.2 Å². The van der Waals surface area contributed by atoms with E-state index in [1.165, 1.54) is 0 Å². The molecule has 8 heteroatoms. The van der Waals surface area contributed by atoms with Gasteiger partial charge in [-0.25, -0.2) is 9.67 Å². The quantitative estimate of drug-likeness (QED) is 0.443. The number of anilines is 2. The second-order valence-corrected chi connectivity index (χ2v) is 7.97. The average Bonchev–Trinajstić information content (AvgIpc) is 3.03. The average molecular weight is 427 g/mol. The fraction of sp³-hybridized carbons (Fsp3) is 0.190. The van der Waals surface area contributed by atoms with Crippen molar-refractivity contribution in [2.75, 3.05) is 17.6 Å². The van der Waals surface area contributed by atoms with Crippen LogP contribution in [0.1, 0.15) is 13.8 Å². The molecule has 0 spiro atoms. The number of rotatable bonds is 5. The van der Waals surface area contributed by atoms with E-state index in [1.807, 2.05) is 30.3 Å². The summed E-state index contributed by atoms with van der Waals surface area (Å²) in [7, 11) is 0. The number of fused-ring (bicyclic) bond motifs is 1. The first kappa shape index (κ1) is 19.5. The SMILES string of the molecule is CC(C)CNc1nc(-c2ccccc2)c2c(N)n(-c3ccc(Cl)cc3Cl)nc2n1. The van der Waals surface area contributed by atoms with Crippen LogP contribution in [0, 0.1) is 5.92 Å². The van der Waals surface area contributed by atoms with Crippen molar-refractivity contribution in [2.24, 2.45) is 5.92 Å². The molecular weight excluding hydrogens is 407 g/mol. The lowest BCUT2D eigenvalue weighted by molar-refractivity contribution is 0.685. The number of hydrogen-bond acceptors (Lipinski definition) is 5. The smallest absolute Gasteiger partial charge is 0.225 e.